The van der Waals surface area contributed by atoms with Gasteiger partial charge in [0, 0.05) is 44.4 Å². The monoisotopic (exact) mass is 379 g/mol. The number of likely N-dealkylation sites (tertiary alicyclic amines) is 1. The van der Waals surface area contributed by atoms with E-state index in [0.29, 0.717) is 38.9 Å². The van der Waals surface area contributed by atoms with Gasteiger partial charge in [0.25, 0.3) is 0 Å². The predicted molar refractivity (Wildman–Crippen MR) is 110 cm³/mol. The fourth-order valence-corrected chi connectivity index (χ4v) is 3.67. The zero-order valence-electron chi connectivity index (χ0n) is 16.8. The molecule has 1 unspecified atom stereocenters. The Morgan fingerprint density at radius 2 is 2.07 bits per heavy atom. The topological polar surface area (TPSA) is 62.3 Å². The lowest BCUT2D eigenvalue weighted by Gasteiger charge is -2.32. The summed E-state index contributed by atoms with van der Waals surface area (Å²) in [6, 6.07) is 12.2. The number of pyridine rings is 1. The molecule has 1 atom stereocenters. The van der Waals surface area contributed by atoms with Crippen molar-refractivity contribution >= 4 is 11.8 Å². The van der Waals surface area contributed by atoms with Crippen molar-refractivity contribution < 1.29 is 9.59 Å². The maximum atomic E-state index is 12.6. The van der Waals surface area contributed by atoms with Gasteiger partial charge in [0.05, 0.1) is 5.92 Å². The Balaban J connectivity index is 1.48. The smallest absolute Gasteiger partial charge is 0.224 e. The minimum absolute atomic E-state index is 0.0562. The standard InChI is InChI=1S/C23H29N3O2/c1-17-6-7-18(2)19(15-17)10-13-25-23(28)20-8-9-22(27)26(16-20)14-11-21-5-3-4-12-24-21/h3-7,12,15,20H,8-11,13-14,16H2,1-2H3,(H,25,28). The molecule has 2 aromatic rings. The highest BCUT2D eigenvalue weighted by Gasteiger charge is 2.29. The van der Waals surface area contributed by atoms with E-state index in [1.54, 1.807) is 6.20 Å². The summed E-state index contributed by atoms with van der Waals surface area (Å²) in [6.45, 7) is 5.92. The van der Waals surface area contributed by atoms with E-state index in [4.69, 9.17) is 0 Å². The Morgan fingerprint density at radius 1 is 1.21 bits per heavy atom. The summed E-state index contributed by atoms with van der Waals surface area (Å²) in [6.07, 6.45) is 4.38. The predicted octanol–water partition coefficient (Wildman–Crippen LogP) is 2.84. The van der Waals surface area contributed by atoms with Crippen LogP contribution < -0.4 is 5.32 Å². The first-order chi connectivity index (χ1) is 13.5. The molecule has 5 nitrogen and oxygen atoms in total. The van der Waals surface area contributed by atoms with Gasteiger partial charge >= 0.3 is 0 Å². The molecule has 5 heteroatoms. The summed E-state index contributed by atoms with van der Waals surface area (Å²) in [5.41, 5.74) is 4.73. The van der Waals surface area contributed by atoms with Crippen molar-refractivity contribution in [3.8, 4) is 0 Å². The molecule has 1 aromatic heterocycles. The number of nitrogens with one attached hydrogen (secondary N) is 1. The van der Waals surface area contributed by atoms with Gasteiger partial charge in [0.1, 0.15) is 0 Å². The van der Waals surface area contributed by atoms with Crippen LogP contribution >= 0.6 is 0 Å². The molecule has 0 spiro atoms. The average molecular weight is 380 g/mol. The number of piperidine rings is 1. The third-order valence-corrected chi connectivity index (χ3v) is 5.43. The second-order valence-corrected chi connectivity index (χ2v) is 7.62. The van der Waals surface area contributed by atoms with Crippen LogP contribution in [0.15, 0.2) is 42.6 Å². The molecule has 1 aliphatic heterocycles. The van der Waals surface area contributed by atoms with E-state index >= 15 is 0 Å². The van der Waals surface area contributed by atoms with Crippen molar-refractivity contribution in [2.75, 3.05) is 19.6 Å². The van der Waals surface area contributed by atoms with Crippen molar-refractivity contribution in [3.63, 3.8) is 0 Å². The Hall–Kier alpha value is -2.69. The molecule has 0 saturated carbocycles. The van der Waals surface area contributed by atoms with Gasteiger partial charge in [-0.05, 0) is 49.9 Å². The maximum absolute atomic E-state index is 12.6. The van der Waals surface area contributed by atoms with Gasteiger partial charge in [-0.15, -0.1) is 0 Å². The summed E-state index contributed by atoms with van der Waals surface area (Å²) in [4.78, 5) is 31.0. The van der Waals surface area contributed by atoms with Crippen LogP contribution in [0, 0.1) is 19.8 Å². The molecule has 0 radical (unpaired) electrons. The fourth-order valence-electron chi connectivity index (χ4n) is 3.67. The highest BCUT2D eigenvalue weighted by molar-refractivity contribution is 5.83. The minimum atomic E-state index is -0.125. The normalized spacial score (nSPS) is 16.9. The summed E-state index contributed by atoms with van der Waals surface area (Å²) in [7, 11) is 0. The van der Waals surface area contributed by atoms with Crippen LogP contribution in [0.25, 0.3) is 0 Å². The molecule has 1 fully saturated rings. The third kappa shape index (κ3) is 5.41. The summed E-state index contributed by atoms with van der Waals surface area (Å²) in [5, 5.41) is 3.07. The Bertz CT molecular complexity index is 820. The SMILES string of the molecule is Cc1ccc(C)c(CCNC(=O)C2CCC(=O)N(CCc3ccccn3)C2)c1. The molecular weight excluding hydrogens is 350 g/mol. The van der Waals surface area contributed by atoms with Gasteiger partial charge in [-0.1, -0.05) is 29.8 Å². The second kappa shape index (κ2) is 9.49. The molecular formula is C23H29N3O2. The zero-order valence-corrected chi connectivity index (χ0v) is 16.8. The largest absolute Gasteiger partial charge is 0.355 e. The highest BCUT2D eigenvalue weighted by atomic mass is 16.2. The number of aromatic nitrogens is 1. The van der Waals surface area contributed by atoms with Gasteiger partial charge in [0.15, 0.2) is 0 Å². The number of carbonyl (C=O) groups excluding carboxylic acids is 2. The minimum Gasteiger partial charge on any atom is -0.355 e. The lowest BCUT2D eigenvalue weighted by Crippen LogP contribution is -2.46. The van der Waals surface area contributed by atoms with Crippen molar-refractivity contribution in [2.45, 2.75) is 39.5 Å². The molecule has 2 heterocycles. The molecule has 148 valence electrons. The van der Waals surface area contributed by atoms with E-state index in [2.05, 4.69) is 42.3 Å². The van der Waals surface area contributed by atoms with Crippen LogP contribution in [0.4, 0.5) is 0 Å². The molecule has 0 bridgehead atoms. The lowest BCUT2D eigenvalue weighted by molar-refractivity contribution is -0.138. The van der Waals surface area contributed by atoms with Crippen molar-refractivity contribution in [3.05, 3.63) is 65.0 Å². The van der Waals surface area contributed by atoms with Crippen molar-refractivity contribution in [2.24, 2.45) is 5.92 Å². The number of hydrogen-bond donors (Lipinski definition) is 1. The van der Waals surface area contributed by atoms with E-state index in [1.165, 1.54) is 16.7 Å². The van der Waals surface area contributed by atoms with E-state index in [1.807, 2.05) is 23.1 Å². The van der Waals surface area contributed by atoms with E-state index in [0.717, 1.165) is 12.1 Å². The van der Waals surface area contributed by atoms with Gasteiger partial charge in [-0.3, -0.25) is 14.6 Å². The molecule has 2 amide bonds. The molecule has 1 aliphatic rings. The number of carbonyl (C=O) groups is 2. The molecule has 1 aromatic carbocycles. The third-order valence-electron chi connectivity index (χ3n) is 5.43. The number of hydrogen-bond acceptors (Lipinski definition) is 3. The first-order valence-corrected chi connectivity index (χ1v) is 10.0. The summed E-state index contributed by atoms with van der Waals surface area (Å²) in [5.74, 6) is 0.0658. The molecule has 3 rings (SSSR count). The number of aryl methyl sites for hydroxylation is 2. The summed E-state index contributed by atoms with van der Waals surface area (Å²) >= 11 is 0. The number of nitrogens with zero attached hydrogens (tertiary/aromatic N) is 2. The van der Waals surface area contributed by atoms with Crippen molar-refractivity contribution in [1.82, 2.24) is 15.2 Å². The highest BCUT2D eigenvalue weighted by Crippen LogP contribution is 2.18. The quantitative estimate of drug-likeness (QED) is 0.805. The Labute approximate surface area is 167 Å². The average Bonchev–Trinajstić information content (AvgIpc) is 2.70. The Kier molecular flexibility index (Phi) is 6.80. The van der Waals surface area contributed by atoms with Gasteiger partial charge < -0.3 is 10.2 Å². The van der Waals surface area contributed by atoms with Crippen molar-refractivity contribution in [1.29, 1.82) is 0 Å². The van der Waals surface area contributed by atoms with Crippen LogP contribution in [0.2, 0.25) is 0 Å². The lowest BCUT2D eigenvalue weighted by atomic mass is 9.96. The molecule has 1 N–H and O–H groups in total. The van der Waals surface area contributed by atoms with Gasteiger partial charge in [-0.25, -0.2) is 0 Å². The number of benzene rings is 1. The van der Waals surface area contributed by atoms with Crippen LogP contribution in [-0.2, 0) is 22.4 Å². The fraction of sp³-hybridized carbons (Fsp3) is 0.435. The van der Waals surface area contributed by atoms with E-state index in [-0.39, 0.29) is 17.7 Å². The number of rotatable bonds is 7. The van der Waals surface area contributed by atoms with Crippen LogP contribution in [0.3, 0.4) is 0 Å². The first-order valence-electron chi connectivity index (χ1n) is 10.0. The summed E-state index contributed by atoms with van der Waals surface area (Å²) < 4.78 is 0. The molecule has 1 saturated heterocycles. The maximum Gasteiger partial charge on any atom is 0.224 e. The van der Waals surface area contributed by atoms with Crippen LogP contribution in [-0.4, -0.2) is 41.3 Å². The van der Waals surface area contributed by atoms with Gasteiger partial charge in [0.2, 0.25) is 11.8 Å². The van der Waals surface area contributed by atoms with E-state index < -0.39 is 0 Å². The van der Waals surface area contributed by atoms with E-state index in [9.17, 15) is 9.59 Å². The Morgan fingerprint density at radius 3 is 2.86 bits per heavy atom. The first kappa shape index (κ1) is 20.1. The zero-order chi connectivity index (χ0) is 19.9. The second-order valence-electron chi connectivity index (χ2n) is 7.62. The molecule has 28 heavy (non-hydrogen) atoms. The van der Waals surface area contributed by atoms with Gasteiger partial charge in [-0.2, -0.15) is 0 Å². The van der Waals surface area contributed by atoms with Crippen LogP contribution in [0.5, 0.6) is 0 Å². The van der Waals surface area contributed by atoms with Crippen LogP contribution in [0.1, 0.15) is 35.2 Å². The molecule has 0 aliphatic carbocycles. The number of amides is 2.